The number of pyridine rings is 1. The minimum Gasteiger partial charge on any atom is -0.464 e. The molecule has 0 aliphatic heterocycles. The van der Waals surface area contributed by atoms with E-state index < -0.39 is 33.2 Å². The molecular formula is C10H8F3N3O5S. The summed E-state index contributed by atoms with van der Waals surface area (Å²) in [4.78, 5) is 14.9. The number of rotatable bonds is 3. The second kappa shape index (κ2) is 5.12. The summed E-state index contributed by atoms with van der Waals surface area (Å²) in [6.07, 6.45) is 1.06. The monoisotopic (exact) mass is 339 g/mol. The zero-order chi connectivity index (χ0) is 16.7. The van der Waals surface area contributed by atoms with E-state index in [-0.39, 0.29) is 10.9 Å². The molecule has 0 aliphatic carbocycles. The van der Waals surface area contributed by atoms with Crippen molar-refractivity contribution in [2.45, 2.75) is 5.51 Å². The molecule has 0 aliphatic rings. The number of aryl methyl sites for hydroxylation is 1. The zero-order valence-electron chi connectivity index (χ0n) is 11.1. The van der Waals surface area contributed by atoms with Gasteiger partial charge in [-0.2, -0.15) is 26.7 Å². The molecule has 2 aromatic heterocycles. The third-order valence-electron chi connectivity index (χ3n) is 2.58. The van der Waals surface area contributed by atoms with E-state index in [2.05, 4.69) is 19.0 Å². The predicted octanol–water partition coefficient (Wildman–Crippen LogP) is 0.983. The van der Waals surface area contributed by atoms with Gasteiger partial charge in [0.15, 0.2) is 5.69 Å². The number of alkyl halides is 3. The van der Waals surface area contributed by atoms with Gasteiger partial charge in [-0.15, -0.1) is 0 Å². The van der Waals surface area contributed by atoms with Gasteiger partial charge < -0.3 is 8.92 Å². The Morgan fingerprint density at radius 3 is 2.55 bits per heavy atom. The molecule has 22 heavy (non-hydrogen) atoms. The Morgan fingerprint density at radius 1 is 1.36 bits per heavy atom. The lowest BCUT2D eigenvalue weighted by atomic mass is 10.2. The number of aromatic nitrogens is 3. The summed E-state index contributed by atoms with van der Waals surface area (Å²) in [6.45, 7) is 0. The standard InChI is InChI=1S/C10H8F3N3O5S/c1-16-7-3-6(9(17)20-2)15-8(5(7)4-14-16)21-22(18,19)10(11,12)13/h3-4H,1-2H3. The van der Waals surface area contributed by atoms with Crippen LogP contribution in [-0.2, 0) is 21.9 Å². The number of esters is 1. The highest BCUT2D eigenvalue weighted by atomic mass is 32.2. The van der Waals surface area contributed by atoms with Gasteiger partial charge in [-0.25, -0.2) is 9.78 Å². The second-order valence-electron chi connectivity index (χ2n) is 3.99. The molecule has 0 fully saturated rings. The first-order valence-electron chi connectivity index (χ1n) is 5.48. The van der Waals surface area contributed by atoms with Crippen molar-refractivity contribution in [3.05, 3.63) is 18.0 Å². The summed E-state index contributed by atoms with van der Waals surface area (Å²) in [5.41, 5.74) is -5.92. The topological polar surface area (TPSA) is 100 Å². The molecule has 0 N–H and O–H groups in total. The van der Waals surface area contributed by atoms with E-state index in [0.717, 1.165) is 13.3 Å². The van der Waals surface area contributed by atoms with Crippen molar-refractivity contribution in [1.29, 1.82) is 0 Å². The number of halogens is 3. The first-order valence-corrected chi connectivity index (χ1v) is 6.89. The Hall–Kier alpha value is -2.37. The van der Waals surface area contributed by atoms with Crippen LogP contribution < -0.4 is 4.18 Å². The molecule has 0 amide bonds. The number of carbonyl (C=O) groups excluding carboxylic acids is 1. The van der Waals surface area contributed by atoms with Gasteiger partial charge in [-0.05, 0) is 6.07 Å². The molecule has 0 saturated carbocycles. The van der Waals surface area contributed by atoms with Gasteiger partial charge >= 0.3 is 21.6 Å². The quantitative estimate of drug-likeness (QED) is 0.467. The summed E-state index contributed by atoms with van der Waals surface area (Å²) in [5, 5.41) is 3.63. The average Bonchev–Trinajstić information content (AvgIpc) is 2.78. The third-order valence-corrected chi connectivity index (χ3v) is 3.52. The number of hydrogen-bond acceptors (Lipinski definition) is 7. The molecule has 0 spiro atoms. The number of methoxy groups -OCH3 is 1. The number of nitrogens with zero attached hydrogens (tertiary/aromatic N) is 3. The number of ether oxygens (including phenoxy) is 1. The molecule has 8 nitrogen and oxygen atoms in total. The lowest BCUT2D eigenvalue weighted by molar-refractivity contribution is -0.0500. The second-order valence-corrected chi connectivity index (χ2v) is 5.53. The molecule has 2 rings (SSSR count). The molecule has 0 aromatic carbocycles. The Balaban J connectivity index is 2.65. The number of carbonyl (C=O) groups is 1. The summed E-state index contributed by atoms with van der Waals surface area (Å²) in [7, 11) is -3.47. The fourth-order valence-corrected chi connectivity index (χ4v) is 1.97. The van der Waals surface area contributed by atoms with Crippen molar-refractivity contribution < 1.29 is 35.3 Å². The van der Waals surface area contributed by atoms with Crippen LogP contribution in [0.2, 0.25) is 0 Å². The maximum absolute atomic E-state index is 12.4. The summed E-state index contributed by atoms with van der Waals surface area (Å²) in [6, 6.07) is 1.18. The van der Waals surface area contributed by atoms with E-state index in [1.807, 2.05) is 0 Å². The third kappa shape index (κ3) is 2.68. The van der Waals surface area contributed by atoms with Gasteiger partial charge in [-0.3, -0.25) is 4.68 Å². The van der Waals surface area contributed by atoms with Gasteiger partial charge in [-0.1, -0.05) is 0 Å². The molecule has 2 heterocycles. The minimum atomic E-state index is -5.93. The molecule has 2 aromatic rings. The highest BCUT2D eigenvalue weighted by Crippen LogP contribution is 2.30. The molecule has 120 valence electrons. The maximum atomic E-state index is 12.4. The number of hydrogen-bond donors (Lipinski definition) is 0. The van der Waals surface area contributed by atoms with Crippen LogP contribution in [-0.4, -0.2) is 41.8 Å². The smallest absolute Gasteiger partial charge is 0.464 e. The van der Waals surface area contributed by atoms with Gasteiger partial charge in [0, 0.05) is 7.05 Å². The fourth-order valence-electron chi connectivity index (χ4n) is 1.54. The Bertz CT molecular complexity index is 843. The van der Waals surface area contributed by atoms with Crippen LogP contribution in [0.25, 0.3) is 10.9 Å². The van der Waals surface area contributed by atoms with Crippen molar-refractivity contribution >= 4 is 27.0 Å². The van der Waals surface area contributed by atoms with E-state index in [0.29, 0.717) is 0 Å². The first kappa shape index (κ1) is 16.0. The highest BCUT2D eigenvalue weighted by molar-refractivity contribution is 7.88. The molecule has 0 unspecified atom stereocenters. The highest BCUT2D eigenvalue weighted by Gasteiger charge is 2.49. The van der Waals surface area contributed by atoms with Crippen LogP contribution in [0.1, 0.15) is 10.5 Å². The van der Waals surface area contributed by atoms with E-state index in [9.17, 15) is 26.4 Å². The summed E-state index contributed by atoms with van der Waals surface area (Å²) < 4.78 is 69.0. The van der Waals surface area contributed by atoms with Crippen molar-refractivity contribution in [3.63, 3.8) is 0 Å². The van der Waals surface area contributed by atoms with Gasteiger partial charge in [0.25, 0.3) is 0 Å². The molecule has 12 heteroatoms. The first-order chi connectivity index (χ1) is 10.1. The van der Waals surface area contributed by atoms with E-state index in [4.69, 9.17) is 0 Å². The molecule has 0 atom stereocenters. The van der Waals surface area contributed by atoms with Gasteiger partial charge in [0.1, 0.15) is 0 Å². The SMILES string of the molecule is COC(=O)c1cc2c(cnn2C)c(OS(=O)(=O)C(F)(F)F)n1. The van der Waals surface area contributed by atoms with Gasteiger partial charge in [0.05, 0.1) is 24.2 Å². The Morgan fingerprint density at radius 2 is 2.00 bits per heavy atom. The molecule has 0 bridgehead atoms. The van der Waals surface area contributed by atoms with E-state index in [1.54, 1.807) is 0 Å². The number of fused-ring (bicyclic) bond motifs is 1. The Kier molecular flexibility index (Phi) is 3.73. The lowest BCUT2D eigenvalue weighted by Crippen LogP contribution is -2.28. The van der Waals surface area contributed by atoms with Crippen LogP contribution >= 0.6 is 0 Å². The largest absolute Gasteiger partial charge is 0.534 e. The van der Waals surface area contributed by atoms with E-state index >= 15 is 0 Å². The zero-order valence-corrected chi connectivity index (χ0v) is 11.9. The predicted molar refractivity (Wildman–Crippen MR) is 65.5 cm³/mol. The molecule has 0 saturated heterocycles. The van der Waals surface area contributed by atoms with Gasteiger partial charge in [0.2, 0.25) is 5.88 Å². The minimum absolute atomic E-state index is 0.108. The van der Waals surface area contributed by atoms with Crippen molar-refractivity contribution in [1.82, 2.24) is 14.8 Å². The van der Waals surface area contributed by atoms with E-state index in [1.165, 1.54) is 17.8 Å². The van der Waals surface area contributed by atoms with Crippen molar-refractivity contribution in [2.24, 2.45) is 7.05 Å². The average molecular weight is 339 g/mol. The van der Waals surface area contributed by atoms with Crippen molar-refractivity contribution in [3.8, 4) is 5.88 Å². The van der Waals surface area contributed by atoms with Crippen LogP contribution in [0.15, 0.2) is 12.3 Å². The van der Waals surface area contributed by atoms with Crippen LogP contribution in [0.4, 0.5) is 13.2 Å². The van der Waals surface area contributed by atoms with Crippen LogP contribution in [0.3, 0.4) is 0 Å². The maximum Gasteiger partial charge on any atom is 0.534 e. The molecule has 0 radical (unpaired) electrons. The Labute approximate surface area is 121 Å². The van der Waals surface area contributed by atoms with Crippen molar-refractivity contribution in [2.75, 3.05) is 7.11 Å². The lowest BCUT2D eigenvalue weighted by Gasteiger charge is -2.10. The fraction of sp³-hybridized carbons (Fsp3) is 0.300. The normalized spacial score (nSPS) is 12.4. The van der Waals surface area contributed by atoms with Crippen LogP contribution in [0.5, 0.6) is 5.88 Å². The molecular weight excluding hydrogens is 331 g/mol. The summed E-state index contributed by atoms with van der Waals surface area (Å²) in [5.74, 6) is -1.89. The van der Waals surface area contributed by atoms with Crippen LogP contribution in [0, 0.1) is 0 Å². The summed E-state index contributed by atoms with van der Waals surface area (Å²) >= 11 is 0.